The van der Waals surface area contributed by atoms with E-state index < -0.39 is 6.04 Å². The molecule has 2 aromatic rings. The fraction of sp³-hybridized carbons (Fsp3) is 0.391. The maximum Gasteiger partial charge on any atom is 0.260 e. The number of carbonyl (C=O) groups excluding carboxylic acids is 2. The van der Waals surface area contributed by atoms with Gasteiger partial charge < -0.3 is 15.0 Å². The zero-order chi connectivity index (χ0) is 21.8. The van der Waals surface area contributed by atoms with Gasteiger partial charge in [-0.2, -0.15) is 0 Å². The molecule has 2 fully saturated rings. The van der Waals surface area contributed by atoms with E-state index in [9.17, 15) is 18.4 Å². The van der Waals surface area contributed by atoms with Gasteiger partial charge in [0.2, 0.25) is 5.91 Å². The van der Waals surface area contributed by atoms with Crippen LogP contribution in [0.1, 0.15) is 24.4 Å². The SMILES string of the molecule is O=C(NC1CC1)C(c1ccc(F)cc1)N1CCN(C(=O)COc2ccc(F)cc2)CC1. The highest BCUT2D eigenvalue weighted by atomic mass is 19.1. The normalized spacial score (nSPS) is 17.8. The van der Waals surface area contributed by atoms with Crippen LogP contribution in [-0.2, 0) is 9.59 Å². The van der Waals surface area contributed by atoms with E-state index in [1.165, 1.54) is 36.4 Å². The van der Waals surface area contributed by atoms with Gasteiger partial charge in [0, 0.05) is 32.2 Å². The predicted molar refractivity (Wildman–Crippen MR) is 110 cm³/mol. The summed E-state index contributed by atoms with van der Waals surface area (Å²) in [5.41, 5.74) is 0.735. The number of ether oxygens (including phenoxy) is 1. The van der Waals surface area contributed by atoms with Gasteiger partial charge in [-0.3, -0.25) is 14.5 Å². The molecule has 2 amide bonds. The Morgan fingerprint density at radius 2 is 1.52 bits per heavy atom. The number of nitrogens with one attached hydrogen (secondary N) is 1. The minimum Gasteiger partial charge on any atom is -0.484 e. The number of hydrogen-bond donors (Lipinski definition) is 1. The molecule has 31 heavy (non-hydrogen) atoms. The van der Waals surface area contributed by atoms with Crippen LogP contribution in [0.15, 0.2) is 48.5 Å². The molecule has 1 unspecified atom stereocenters. The van der Waals surface area contributed by atoms with Gasteiger partial charge in [-0.1, -0.05) is 12.1 Å². The summed E-state index contributed by atoms with van der Waals surface area (Å²) in [5.74, 6) is -0.530. The summed E-state index contributed by atoms with van der Waals surface area (Å²) < 4.78 is 31.8. The second-order valence-corrected chi connectivity index (χ2v) is 7.90. The molecular weight excluding hydrogens is 404 g/mol. The first-order valence-corrected chi connectivity index (χ1v) is 10.5. The van der Waals surface area contributed by atoms with Crippen molar-refractivity contribution in [1.29, 1.82) is 0 Å². The van der Waals surface area contributed by atoms with E-state index in [4.69, 9.17) is 4.74 Å². The van der Waals surface area contributed by atoms with E-state index >= 15 is 0 Å². The van der Waals surface area contributed by atoms with E-state index in [0.29, 0.717) is 31.9 Å². The van der Waals surface area contributed by atoms with Crippen LogP contribution >= 0.6 is 0 Å². The minimum atomic E-state index is -0.520. The van der Waals surface area contributed by atoms with Gasteiger partial charge in [0.25, 0.3) is 5.91 Å². The Bertz CT molecular complexity index is 909. The Kier molecular flexibility index (Phi) is 6.46. The van der Waals surface area contributed by atoms with Crippen molar-refractivity contribution in [2.75, 3.05) is 32.8 Å². The molecule has 0 aromatic heterocycles. The monoisotopic (exact) mass is 429 g/mol. The first kappa shape index (κ1) is 21.2. The summed E-state index contributed by atoms with van der Waals surface area (Å²) in [6, 6.07) is 11.2. The average Bonchev–Trinajstić information content (AvgIpc) is 3.59. The standard InChI is InChI=1S/C23H25F2N3O3/c24-17-3-1-16(2-4-17)22(23(30)26-19-7-8-19)28-13-11-27(12-14-28)21(29)15-31-20-9-5-18(25)6-10-20/h1-6,9-10,19,22H,7-8,11-15H2,(H,26,30). The molecule has 2 aliphatic rings. The minimum absolute atomic E-state index is 0.0893. The van der Waals surface area contributed by atoms with Gasteiger partial charge in [0.1, 0.15) is 23.4 Å². The molecule has 0 spiro atoms. The van der Waals surface area contributed by atoms with Gasteiger partial charge in [0.05, 0.1) is 0 Å². The van der Waals surface area contributed by atoms with Crippen molar-refractivity contribution in [2.24, 2.45) is 0 Å². The van der Waals surface area contributed by atoms with Crippen LogP contribution in [0.3, 0.4) is 0 Å². The van der Waals surface area contributed by atoms with Crippen LogP contribution in [0, 0.1) is 11.6 Å². The van der Waals surface area contributed by atoms with Crippen molar-refractivity contribution >= 4 is 11.8 Å². The molecule has 1 aliphatic heterocycles. The molecule has 1 saturated carbocycles. The van der Waals surface area contributed by atoms with Crippen molar-refractivity contribution in [3.63, 3.8) is 0 Å². The number of benzene rings is 2. The van der Waals surface area contributed by atoms with Crippen LogP contribution < -0.4 is 10.1 Å². The quantitative estimate of drug-likeness (QED) is 0.735. The van der Waals surface area contributed by atoms with Gasteiger partial charge in [-0.05, 0) is 54.8 Å². The van der Waals surface area contributed by atoms with E-state index in [1.807, 2.05) is 4.90 Å². The summed E-state index contributed by atoms with van der Waals surface area (Å²) in [6.45, 7) is 1.82. The molecule has 0 bridgehead atoms. The third-order valence-corrected chi connectivity index (χ3v) is 5.57. The van der Waals surface area contributed by atoms with Crippen LogP contribution in [0.4, 0.5) is 8.78 Å². The van der Waals surface area contributed by atoms with Gasteiger partial charge in [0.15, 0.2) is 6.61 Å². The first-order valence-electron chi connectivity index (χ1n) is 10.5. The number of carbonyl (C=O) groups is 2. The summed E-state index contributed by atoms with van der Waals surface area (Å²) in [7, 11) is 0. The lowest BCUT2D eigenvalue weighted by atomic mass is 10.0. The summed E-state index contributed by atoms with van der Waals surface area (Å²) in [4.78, 5) is 29.1. The Morgan fingerprint density at radius 1 is 0.935 bits per heavy atom. The Morgan fingerprint density at radius 3 is 2.10 bits per heavy atom. The maximum atomic E-state index is 13.4. The van der Waals surface area contributed by atoms with Crippen molar-refractivity contribution in [1.82, 2.24) is 15.1 Å². The number of nitrogens with zero attached hydrogens (tertiary/aromatic N) is 2. The lowest BCUT2D eigenvalue weighted by molar-refractivity contribution is -0.136. The fourth-order valence-corrected chi connectivity index (χ4v) is 3.68. The highest BCUT2D eigenvalue weighted by Crippen LogP contribution is 2.26. The van der Waals surface area contributed by atoms with Gasteiger partial charge in [-0.25, -0.2) is 8.78 Å². The number of halogens is 2. The van der Waals surface area contributed by atoms with E-state index in [2.05, 4.69) is 5.32 Å². The molecule has 6 nitrogen and oxygen atoms in total. The van der Waals surface area contributed by atoms with E-state index in [0.717, 1.165) is 18.4 Å². The third-order valence-electron chi connectivity index (χ3n) is 5.57. The van der Waals surface area contributed by atoms with Crippen molar-refractivity contribution in [3.8, 4) is 5.75 Å². The number of rotatable bonds is 7. The number of amides is 2. The predicted octanol–water partition coefficient (Wildman–Crippen LogP) is 2.51. The highest BCUT2D eigenvalue weighted by Gasteiger charge is 2.34. The lowest BCUT2D eigenvalue weighted by Gasteiger charge is -2.38. The largest absolute Gasteiger partial charge is 0.484 e. The van der Waals surface area contributed by atoms with Crippen molar-refractivity contribution in [3.05, 3.63) is 65.7 Å². The molecule has 1 heterocycles. The van der Waals surface area contributed by atoms with Crippen LogP contribution in [-0.4, -0.2) is 60.4 Å². The lowest BCUT2D eigenvalue weighted by Crippen LogP contribution is -2.53. The molecule has 1 saturated heterocycles. The summed E-state index contributed by atoms with van der Waals surface area (Å²) in [5, 5.41) is 3.04. The number of piperazine rings is 1. The molecule has 0 radical (unpaired) electrons. The summed E-state index contributed by atoms with van der Waals surface area (Å²) in [6.07, 6.45) is 1.97. The van der Waals surface area contributed by atoms with Crippen LogP contribution in [0.2, 0.25) is 0 Å². The Hall–Kier alpha value is -3.00. The molecule has 8 heteroatoms. The average molecular weight is 429 g/mol. The third kappa shape index (κ3) is 5.58. The van der Waals surface area contributed by atoms with Gasteiger partial charge in [-0.15, -0.1) is 0 Å². The van der Waals surface area contributed by atoms with E-state index in [1.54, 1.807) is 17.0 Å². The maximum absolute atomic E-state index is 13.4. The van der Waals surface area contributed by atoms with Crippen molar-refractivity contribution < 1.29 is 23.1 Å². The Labute approximate surface area is 179 Å². The second kappa shape index (κ2) is 9.43. The fourth-order valence-electron chi connectivity index (χ4n) is 3.68. The molecular formula is C23H25F2N3O3. The highest BCUT2D eigenvalue weighted by molar-refractivity contribution is 5.84. The van der Waals surface area contributed by atoms with Crippen LogP contribution in [0.5, 0.6) is 5.75 Å². The smallest absolute Gasteiger partial charge is 0.260 e. The molecule has 1 aliphatic carbocycles. The zero-order valence-electron chi connectivity index (χ0n) is 17.1. The zero-order valence-corrected chi connectivity index (χ0v) is 17.1. The molecule has 2 aromatic carbocycles. The Balaban J connectivity index is 1.35. The molecule has 4 rings (SSSR count). The summed E-state index contributed by atoms with van der Waals surface area (Å²) >= 11 is 0. The van der Waals surface area contributed by atoms with Crippen LogP contribution in [0.25, 0.3) is 0 Å². The number of hydrogen-bond acceptors (Lipinski definition) is 4. The van der Waals surface area contributed by atoms with Gasteiger partial charge >= 0.3 is 0 Å². The molecule has 1 N–H and O–H groups in total. The molecule has 1 atom stereocenters. The van der Waals surface area contributed by atoms with E-state index in [-0.39, 0.29) is 36.1 Å². The first-order chi connectivity index (χ1) is 15.0. The van der Waals surface area contributed by atoms with Crippen molar-refractivity contribution in [2.45, 2.75) is 24.9 Å². The molecule has 164 valence electrons. The topological polar surface area (TPSA) is 61.9 Å². The second-order valence-electron chi connectivity index (χ2n) is 7.90.